The predicted molar refractivity (Wildman–Crippen MR) is 91.7 cm³/mol. The van der Waals surface area contributed by atoms with E-state index in [2.05, 4.69) is 30.4 Å². The molecule has 0 aliphatic carbocycles. The van der Waals surface area contributed by atoms with E-state index in [1.807, 2.05) is 11.8 Å². The van der Waals surface area contributed by atoms with Crippen LogP contribution < -0.4 is 0 Å². The van der Waals surface area contributed by atoms with Crippen LogP contribution in [-0.4, -0.2) is 52.5 Å². The molecule has 0 unspecified atom stereocenters. The Labute approximate surface area is 138 Å². The maximum Gasteiger partial charge on any atom is 0.168 e. The van der Waals surface area contributed by atoms with Crippen molar-refractivity contribution in [3.8, 4) is 0 Å². The summed E-state index contributed by atoms with van der Waals surface area (Å²) in [6, 6.07) is 0.774. The Morgan fingerprint density at radius 3 is 2.82 bits per heavy atom. The van der Waals surface area contributed by atoms with Crippen molar-refractivity contribution in [1.82, 2.24) is 14.5 Å². The average Bonchev–Trinajstić information content (AvgIpc) is 3.20. The maximum atomic E-state index is 5.81. The number of thioether (sulfide) groups is 1. The molecule has 2 aliphatic rings. The fraction of sp³-hybridized carbons (Fsp3) is 0.824. The van der Waals surface area contributed by atoms with Crippen molar-refractivity contribution < 1.29 is 4.74 Å². The molecule has 3 heterocycles. The molecule has 3 rings (SSSR count). The highest BCUT2D eigenvalue weighted by molar-refractivity contribution is 7.99. The molecular weight excluding hydrogens is 294 g/mol. The number of aryl methyl sites for hydroxylation is 1. The highest BCUT2D eigenvalue weighted by Gasteiger charge is 2.22. The van der Waals surface area contributed by atoms with Gasteiger partial charge in [0.15, 0.2) is 5.16 Å². The number of hydrogen-bond acceptors (Lipinski definition) is 4. The topological polar surface area (TPSA) is 30.3 Å². The Balaban J connectivity index is 1.58. The third-order valence-corrected chi connectivity index (χ3v) is 6.20. The molecule has 2 atom stereocenters. The van der Waals surface area contributed by atoms with E-state index in [0.29, 0.717) is 6.10 Å². The first kappa shape index (κ1) is 16.3. The molecule has 0 aromatic carbocycles. The fourth-order valence-electron chi connectivity index (χ4n) is 3.57. The van der Waals surface area contributed by atoms with Crippen LogP contribution >= 0.6 is 11.8 Å². The van der Waals surface area contributed by atoms with Gasteiger partial charge in [0.1, 0.15) is 0 Å². The van der Waals surface area contributed by atoms with Gasteiger partial charge in [0.05, 0.1) is 18.3 Å². The zero-order chi connectivity index (χ0) is 15.5. The lowest BCUT2D eigenvalue weighted by atomic mass is 10.2. The van der Waals surface area contributed by atoms with Gasteiger partial charge in [0.2, 0.25) is 0 Å². The van der Waals surface area contributed by atoms with Crippen LogP contribution in [0, 0.1) is 13.8 Å². The Hall–Kier alpha value is -0.520. The summed E-state index contributed by atoms with van der Waals surface area (Å²) in [6.07, 6.45) is 6.76. The minimum atomic E-state index is 0.382. The minimum absolute atomic E-state index is 0.382. The van der Waals surface area contributed by atoms with Crippen LogP contribution in [0.2, 0.25) is 0 Å². The van der Waals surface area contributed by atoms with E-state index >= 15 is 0 Å². The molecule has 0 spiro atoms. The van der Waals surface area contributed by atoms with Crippen molar-refractivity contribution in [2.75, 3.05) is 26.0 Å². The summed E-state index contributed by atoms with van der Waals surface area (Å²) in [5.74, 6) is 1.16. The van der Waals surface area contributed by atoms with Crippen molar-refractivity contribution >= 4 is 11.8 Å². The van der Waals surface area contributed by atoms with Gasteiger partial charge in [-0.3, -0.25) is 0 Å². The molecule has 4 nitrogen and oxygen atoms in total. The third kappa shape index (κ3) is 3.69. The second-order valence-corrected chi connectivity index (χ2v) is 7.79. The zero-order valence-corrected chi connectivity index (χ0v) is 15.0. The quantitative estimate of drug-likeness (QED) is 0.752. The molecule has 0 bridgehead atoms. The van der Waals surface area contributed by atoms with Crippen molar-refractivity contribution in [2.45, 2.75) is 69.8 Å². The Kier molecular flexibility index (Phi) is 5.47. The lowest BCUT2D eigenvalue weighted by molar-refractivity contribution is 0.0945. The van der Waals surface area contributed by atoms with E-state index in [4.69, 9.17) is 9.72 Å². The number of hydrogen-bond donors (Lipinski definition) is 0. The van der Waals surface area contributed by atoms with E-state index in [1.165, 1.54) is 55.2 Å². The van der Waals surface area contributed by atoms with Gasteiger partial charge >= 0.3 is 0 Å². The molecule has 2 saturated heterocycles. The molecule has 0 radical (unpaired) electrons. The maximum absolute atomic E-state index is 5.81. The average molecular weight is 324 g/mol. The number of imidazole rings is 1. The van der Waals surface area contributed by atoms with Crippen LogP contribution in [0.4, 0.5) is 0 Å². The molecule has 0 saturated carbocycles. The molecule has 22 heavy (non-hydrogen) atoms. The van der Waals surface area contributed by atoms with Gasteiger partial charge < -0.3 is 14.2 Å². The summed E-state index contributed by atoms with van der Waals surface area (Å²) in [6.45, 7) is 7.47. The van der Waals surface area contributed by atoms with Gasteiger partial charge in [-0.1, -0.05) is 11.8 Å². The molecule has 0 amide bonds. The smallest absolute Gasteiger partial charge is 0.168 e. The van der Waals surface area contributed by atoms with Crippen LogP contribution in [0.25, 0.3) is 0 Å². The minimum Gasteiger partial charge on any atom is -0.376 e. The first-order valence-electron chi connectivity index (χ1n) is 8.63. The van der Waals surface area contributed by atoms with Crippen molar-refractivity contribution in [3.63, 3.8) is 0 Å². The summed E-state index contributed by atoms with van der Waals surface area (Å²) in [4.78, 5) is 7.30. The monoisotopic (exact) mass is 323 g/mol. The number of likely N-dealkylation sites (tertiary alicyclic amines) is 1. The van der Waals surface area contributed by atoms with Crippen LogP contribution in [0.1, 0.15) is 43.5 Å². The largest absolute Gasteiger partial charge is 0.376 e. The van der Waals surface area contributed by atoms with Crippen LogP contribution in [0.15, 0.2) is 5.16 Å². The Morgan fingerprint density at radius 2 is 2.14 bits per heavy atom. The van der Waals surface area contributed by atoms with Crippen LogP contribution in [-0.2, 0) is 11.3 Å². The van der Waals surface area contributed by atoms with Gasteiger partial charge in [0, 0.05) is 24.1 Å². The molecule has 2 fully saturated rings. The summed E-state index contributed by atoms with van der Waals surface area (Å²) in [7, 11) is 2.26. The first-order valence-corrected chi connectivity index (χ1v) is 9.62. The zero-order valence-electron chi connectivity index (χ0n) is 14.2. The molecule has 1 aromatic heterocycles. The number of rotatable bonds is 6. The third-order valence-electron chi connectivity index (χ3n) is 5.19. The second-order valence-electron chi connectivity index (χ2n) is 6.72. The standard InChI is InChI=1S/C17H29N3OS/c1-13-14(2)20(12-16-7-5-10-21-16)17(18-13)22-11-8-15-6-4-9-19(15)3/h15-16H,4-12H2,1-3H3/t15-,16-/m0/s1. The van der Waals surface area contributed by atoms with Gasteiger partial charge in [-0.05, 0) is 59.5 Å². The lowest BCUT2D eigenvalue weighted by Crippen LogP contribution is -2.25. The van der Waals surface area contributed by atoms with Gasteiger partial charge in [0.25, 0.3) is 0 Å². The SMILES string of the molecule is Cc1nc(SCC[C@@H]2CCCN2C)n(C[C@@H]2CCCO2)c1C. The summed E-state index contributed by atoms with van der Waals surface area (Å²) < 4.78 is 8.19. The summed E-state index contributed by atoms with van der Waals surface area (Å²) >= 11 is 1.92. The highest BCUT2D eigenvalue weighted by Crippen LogP contribution is 2.27. The van der Waals surface area contributed by atoms with E-state index in [0.717, 1.165) is 24.9 Å². The van der Waals surface area contributed by atoms with Gasteiger partial charge in [-0.15, -0.1) is 0 Å². The normalized spacial score (nSPS) is 26.1. The Morgan fingerprint density at radius 1 is 1.27 bits per heavy atom. The fourth-order valence-corrected chi connectivity index (χ4v) is 4.71. The van der Waals surface area contributed by atoms with Crippen molar-refractivity contribution in [3.05, 3.63) is 11.4 Å². The predicted octanol–water partition coefficient (Wildman–Crippen LogP) is 3.26. The molecule has 0 N–H and O–H groups in total. The lowest BCUT2D eigenvalue weighted by Gasteiger charge is -2.19. The van der Waals surface area contributed by atoms with E-state index in [9.17, 15) is 0 Å². The van der Waals surface area contributed by atoms with Crippen LogP contribution in [0.5, 0.6) is 0 Å². The van der Waals surface area contributed by atoms with E-state index in [-0.39, 0.29) is 0 Å². The molecule has 124 valence electrons. The van der Waals surface area contributed by atoms with Gasteiger partial charge in [-0.25, -0.2) is 4.98 Å². The molecule has 1 aromatic rings. The number of aromatic nitrogens is 2. The summed E-state index contributed by atoms with van der Waals surface area (Å²) in [5, 5.41) is 1.19. The number of ether oxygens (including phenoxy) is 1. The van der Waals surface area contributed by atoms with E-state index in [1.54, 1.807) is 0 Å². The van der Waals surface area contributed by atoms with Crippen molar-refractivity contribution in [2.24, 2.45) is 0 Å². The Bertz CT molecular complexity index is 496. The first-order chi connectivity index (χ1) is 10.6. The molecule has 2 aliphatic heterocycles. The van der Waals surface area contributed by atoms with Gasteiger partial charge in [-0.2, -0.15) is 0 Å². The van der Waals surface area contributed by atoms with Crippen molar-refractivity contribution in [1.29, 1.82) is 0 Å². The van der Waals surface area contributed by atoms with E-state index < -0.39 is 0 Å². The molecule has 5 heteroatoms. The highest BCUT2D eigenvalue weighted by atomic mass is 32.2. The molecular formula is C17H29N3OS. The second kappa shape index (κ2) is 7.37. The van der Waals surface area contributed by atoms with Crippen LogP contribution in [0.3, 0.4) is 0 Å². The summed E-state index contributed by atoms with van der Waals surface area (Å²) in [5.41, 5.74) is 2.47. The number of nitrogens with zero attached hydrogens (tertiary/aromatic N) is 3.